The molecule has 0 aliphatic carbocycles. The standard InChI is InChI=1S/C22H25N3O3S/c1-16(17-9-3-2-4-10-17)15-23-22(26)19-12-7-8-14-25(19)21-18-11-5-6-13-20(18)29(27,28)24-21/h2-6,9-11,13,16,19H,7-8,12,14-15H2,1H3,(H,23,26)/t16-,19-/m0/s1. The molecule has 6 nitrogen and oxygen atoms in total. The van der Waals surface area contributed by atoms with Gasteiger partial charge in [-0.2, -0.15) is 8.42 Å². The van der Waals surface area contributed by atoms with Crippen LogP contribution >= 0.6 is 0 Å². The second kappa shape index (κ2) is 7.99. The number of amidine groups is 1. The van der Waals surface area contributed by atoms with Crippen LogP contribution in [-0.4, -0.2) is 44.2 Å². The lowest BCUT2D eigenvalue weighted by atomic mass is 9.98. The summed E-state index contributed by atoms with van der Waals surface area (Å²) in [5.41, 5.74) is 1.76. The van der Waals surface area contributed by atoms with Crippen molar-refractivity contribution in [3.05, 3.63) is 65.7 Å². The minimum atomic E-state index is -3.70. The van der Waals surface area contributed by atoms with Crippen molar-refractivity contribution >= 4 is 21.8 Å². The van der Waals surface area contributed by atoms with E-state index in [9.17, 15) is 13.2 Å². The number of carbonyl (C=O) groups is 1. The van der Waals surface area contributed by atoms with Gasteiger partial charge in [-0.25, -0.2) is 0 Å². The van der Waals surface area contributed by atoms with Crippen LogP contribution in [0.4, 0.5) is 0 Å². The summed E-state index contributed by atoms with van der Waals surface area (Å²) in [6, 6.07) is 16.5. The number of fused-ring (bicyclic) bond motifs is 1. The van der Waals surface area contributed by atoms with E-state index < -0.39 is 16.1 Å². The number of amides is 1. The van der Waals surface area contributed by atoms with E-state index in [0.717, 1.165) is 12.8 Å². The van der Waals surface area contributed by atoms with Crippen molar-refractivity contribution in [3.63, 3.8) is 0 Å². The maximum absolute atomic E-state index is 13.0. The van der Waals surface area contributed by atoms with Gasteiger partial charge in [0.2, 0.25) is 5.91 Å². The summed E-state index contributed by atoms with van der Waals surface area (Å²) in [7, 11) is -3.70. The minimum Gasteiger partial charge on any atom is -0.354 e. The monoisotopic (exact) mass is 411 g/mol. The van der Waals surface area contributed by atoms with Crippen molar-refractivity contribution in [1.29, 1.82) is 0 Å². The van der Waals surface area contributed by atoms with Gasteiger partial charge in [0.1, 0.15) is 10.9 Å². The van der Waals surface area contributed by atoms with E-state index in [2.05, 4.69) is 28.8 Å². The number of rotatable bonds is 4. The third kappa shape index (κ3) is 3.92. The molecular weight excluding hydrogens is 386 g/mol. The Morgan fingerprint density at radius 3 is 2.66 bits per heavy atom. The van der Waals surface area contributed by atoms with Gasteiger partial charge in [0.05, 0.1) is 0 Å². The molecule has 0 bridgehead atoms. The van der Waals surface area contributed by atoms with Gasteiger partial charge >= 0.3 is 0 Å². The Balaban J connectivity index is 1.52. The number of nitrogens with one attached hydrogen (secondary N) is 1. The Kier molecular flexibility index (Phi) is 5.41. The molecule has 0 saturated carbocycles. The first-order chi connectivity index (χ1) is 14.0. The summed E-state index contributed by atoms with van der Waals surface area (Å²) >= 11 is 0. The van der Waals surface area contributed by atoms with E-state index in [1.54, 1.807) is 24.3 Å². The summed E-state index contributed by atoms with van der Waals surface area (Å²) in [6.45, 7) is 3.24. The summed E-state index contributed by atoms with van der Waals surface area (Å²) < 4.78 is 28.9. The molecule has 1 N–H and O–H groups in total. The average Bonchev–Trinajstić information content (AvgIpc) is 3.03. The van der Waals surface area contributed by atoms with Crippen molar-refractivity contribution in [2.24, 2.45) is 4.40 Å². The highest BCUT2D eigenvalue weighted by Gasteiger charge is 2.37. The summed E-state index contributed by atoms with van der Waals surface area (Å²) in [4.78, 5) is 15.1. The summed E-state index contributed by atoms with van der Waals surface area (Å²) in [5, 5.41) is 3.06. The van der Waals surface area contributed by atoms with E-state index in [0.29, 0.717) is 30.9 Å². The zero-order valence-corrected chi connectivity index (χ0v) is 17.2. The molecule has 0 aromatic heterocycles. The van der Waals surface area contributed by atoms with Crippen LogP contribution in [0.15, 0.2) is 63.9 Å². The average molecular weight is 412 g/mol. The van der Waals surface area contributed by atoms with Crippen molar-refractivity contribution in [2.45, 2.75) is 43.0 Å². The molecule has 7 heteroatoms. The lowest BCUT2D eigenvalue weighted by molar-refractivity contribution is -0.126. The highest BCUT2D eigenvalue weighted by Crippen LogP contribution is 2.30. The predicted octanol–water partition coefficient (Wildman–Crippen LogP) is 2.91. The van der Waals surface area contributed by atoms with Crippen LogP contribution in [0, 0.1) is 0 Å². The molecule has 0 spiro atoms. The summed E-state index contributed by atoms with van der Waals surface area (Å²) in [6.07, 6.45) is 2.53. The first kappa shape index (κ1) is 19.6. The maximum atomic E-state index is 13.0. The Hall–Kier alpha value is -2.67. The second-order valence-corrected chi connectivity index (χ2v) is 9.22. The fourth-order valence-electron chi connectivity index (χ4n) is 4.02. The number of benzene rings is 2. The normalized spacial score (nSPS) is 21.2. The first-order valence-corrected chi connectivity index (χ1v) is 11.4. The Morgan fingerprint density at radius 2 is 1.86 bits per heavy atom. The highest BCUT2D eigenvalue weighted by molar-refractivity contribution is 7.90. The number of nitrogens with zero attached hydrogens (tertiary/aromatic N) is 2. The van der Waals surface area contributed by atoms with Crippen LogP contribution in [0.3, 0.4) is 0 Å². The van der Waals surface area contributed by atoms with E-state index in [1.807, 2.05) is 23.1 Å². The number of piperidine rings is 1. The third-order valence-electron chi connectivity index (χ3n) is 5.64. The van der Waals surface area contributed by atoms with Gasteiger partial charge < -0.3 is 10.2 Å². The van der Waals surface area contributed by atoms with Gasteiger partial charge in [0.15, 0.2) is 5.84 Å². The Bertz CT molecular complexity index is 1030. The second-order valence-electron chi connectivity index (χ2n) is 7.65. The summed E-state index contributed by atoms with van der Waals surface area (Å²) in [5.74, 6) is 0.524. The SMILES string of the molecule is C[C@@H](CNC(=O)[C@@H]1CCCCN1C1=NS(=O)(=O)c2ccccc21)c1ccccc1. The molecule has 0 unspecified atom stereocenters. The zero-order chi connectivity index (χ0) is 20.4. The van der Waals surface area contributed by atoms with Crippen LogP contribution in [-0.2, 0) is 14.8 Å². The smallest absolute Gasteiger partial charge is 0.285 e. The molecule has 2 aliphatic heterocycles. The molecule has 2 aliphatic rings. The number of hydrogen-bond donors (Lipinski definition) is 1. The van der Waals surface area contributed by atoms with Crippen molar-refractivity contribution < 1.29 is 13.2 Å². The van der Waals surface area contributed by atoms with Crippen molar-refractivity contribution in [1.82, 2.24) is 10.2 Å². The fourth-order valence-corrected chi connectivity index (χ4v) is 5.24. The molecule has 2 aromatic carbocycles. The number of sulfonamides is 1. The van der Waals surface area contributed by atoms with Gasteiger partial charge in [0.25, 0.3) is 10.0 Å². The molecule has 1 fully saturated rings. The van der Waals surface area contributed by atoms with Crippen LogP contribution in [0.2, 0.25) is 0 Å². The molecular formula is C22H25N3O3S. The largest absolute Gasteiger partial charge is 0.354 e. The molecule has 152 valence electrons. The highest BCUT2D eigenvalue weighted by atomic mass is 32.2. The van der Waals surface area contributed by atoms with Gasteiger partial charge in [-0.3, -0.25) is 4.79 Å². The molecule has 0 radical (unpaired) electrons. The molecule has 4 rings (SSSR count). The van der Waals surface area contributed by atoms with Crippen LogP contribution < -0.4 is 5.32 Å². The van der Waals surface area contributed by atoms with E-state index in [4.69, 9.17) is 0 Å². The van der Waals surface area contributed by atoms with Gasteiger partial charge in [0, 0.05) is 18.7 Å². The Morgan fingerprint density at radius 1 is 1.14 bits per heavy atom. The maximum Gasteiger partial charge on any atom is 0.285 e. The van der Waals surface area contributed by atoms with Crippen LogP contribution in [0.1, 0.15) is 43.2 Å². The molecule has 1 amide bonds. The quantitative estimate of drug-likeness (QED) is 0.839. The lowest BCUT2D eigenvalue weighted by Gasteiger charge is -2.36. The molecule has 1 saturated heterocycles. The van der Waals surface area contributed by atoms with Crippen LogP contribution in [0.5, 0.6) is 0 Å². The van der Waals surface area contributed by atoms with E-state index >= 15 is 0 Å². The first-order valence-electron chi connectivity index (χ1n) is 10.0. The van der Waals surface area contributed by atoms with Gasteiger partial charge in [-0.1, -0.05) is 49.4 Å². The number of carbonyl (C=O) groups excluding carboxylic acids is 1. The van der Waals surface area contributed by atoms with Crippen molar-refractivity contribution in [2.75, 3.05) is 13.1 Å². The van der Waals surface area contributed by atoms with Crippen molar-refractivity contribution in [3.8, 4) is 0 Å². The van der Waals surface area contributed by atoms with E-state index in [-0.39, 0.29) is 16.7 Å². The molecule has 2 atom stereocenters. The Labute approximate surface area is 171 Å². The topological polar surface area (TPSA) is 78.8 Å². The lowest BCUT2D eigenvalue weighted by Crippen LogP contribution is -2.52. The number of likely N-dealkylation sites (tertiary alicyclic amines) is 1. The third-order valence-corrected chi connectivity index (χ3v) is 6.97. The zero-order valence-electron chi connectivity index (χ0n) is 16.4. The van der Waals surface area contributed by atoms with Gasteiger partial charge in [-0.05, 0) is 42.9 Å². The fraction of sp³-hybridized carbons (Fsp3) is 0.364. The van der Waals surface area contributed by atoms with E-state index in [1.165, 1.54) is 5.56 Å². The predicted molar refractivity (Wildman–Crippen MR) is 112 cm³/mol. The molecule has 2 heterocycles. The minimum absolute atomic E-state index is 0.0723. The molecule has 29 heavy (non-hydrogen) atoms. The van der Waals surface area contributed by atoms with Gasteiger partial charge in [-0.15, -0.1) is 4.40 Å². The number of hydrogen-bond acceptors (Lipinski definition) is 4. The van der Waals surface area contributed by atoms with Crippen LogP contribution in [0.25, 0.3) is 0 Å². The molecule has 2 aromatic rings.